The number of fused-ring (bicyclic) bond motifs is 1. The van der Waals surface area contributed by atoms with Crippen LogP contribution >= 0.6 is 0 Å². The van der Waals surface area contributed by atoms with Gasteiger partial charge in [-0.1, -0.05) is 23.0 Å². The van der Waals surface area contributed by atoms with Crippen molar-refractivity contribution < 1.29 is 19.8 Å². The number of phenols is 2. The molecule has 0 fully saturated rings. The van der Waals surface area contributed by atoms with Crippen LogP contribution in [-0.4, -0.2) is 31.3 Å². The van der Waals surface area contributed by atoms with Crippen LogP contribution in [0.5, 0.6) is 11.5 Å². The molecule has 0 amide bonds. The van der Waals surface area contributed by atoms with Gasteiger partial charge in [0.15, 0.2) is 11.5 Å². The highest BCUT2D eigenvalue weighted by molar-refractivity contribution is 5.93. The van der Waals surface area contributed by atoms with E-state index in [9.17, 15) is 15.0 Å². The van der Waals surface area contributed by atoms with Crippen LogP contribution in [0, 0.1) is 0 Å². The van der Waals surface area contributed by atoms with Gasteiger partial charge in [-0.05, 0) is 29.5 Å². The number of phenolic OH excluding ortho intramolecular Hbond substituents is 2. The van der Waals surface area contributed by atoms with Crippen molar-refractivity contribution in [2.75, 3.05) is 0 Å². The average molecular weight is 271 g/mol. The summed E-state index contributed by atoms with van der Waals surface area (Å²) in [7, 11) is 0. The fourth-order valence-corrected chi connectivity index (χ4v) is 1.74. The standard InChI is InChI=1S/C13H9N3O4/c17-11-7-3-4-8(12(11)18)13(19)20-16-10-6-2-1-5-9(10)14-15-16/h1-7,17-18H. The molecule has 0 radical (unpaired) electrons. The first-order valence-electron chi connectivity index (χ1n) is 5.71. The molecule has 3 rings (SSSR count). The number of aromatic nitrogens is 3. The van der Waals surface area contributed by atoms with Crippen LogP contribution in [0.15, 0.2) is 42.5 Å². The summed E-state index contributed by atoms with van der Waals surface area (Å²) in [4.78, 5) is 17.9. The maximum absolute atomic E-state index is 11.9. The Hall–Kier alpha value is -3.09. The van der Waals surface area contributed by atoms with Crippen molar-refractivity contribution in [1.82, 2.24) is 15.2 Å². The molecule has 0 aliphatic rings. The van der Waals surface area contributed by atoms with Gasteiger partial charge in [0.25, 0.3) is 0 Å². The zero-order valence-corrected chi connectivity index (χ0v) is 10.1. The van der Waals surface area contributed by atoms with Crippen LogP contribution in [0.1, 0.15) is 10.4 Å². The van der Waals surface area contributed by atoms with Gasteiger partial charge in [0.05, 0.1) is 0 Å². The van der Waals surface area contributed by atoms with Gasteiger partial charge in [-0.2, -0.15) is 0 Å². The number of aromatic hydroxyl groups is 2. The van der Waals surface area contributed by atoms with E-state index in [-0.39, 0.29) is 5.56 Å². The predicted octanol–water partition coefficient (Wildman–Crippen LogP) is 1.11. The van der Waals surface area contributed by atoms with Crippen LogP contribution in [0.4, 0.5) is 0 Å². The third-order valence-electron chi connectivity index (χ3n) is 2.73. The van der Waals surface area contributed by atoms with Gasteiger partial charge in [0.2, 0.25) is 0 Å². The Kier molecular flexibility index (Phi) is 2.72. The zero-order valence-electron chi connectivity index (χ0n) is 10.1. The van der Waals surface area contributed by atoms with Crippen molar-refractivity contribution in [2.45, 2.75) is 0 Å². The lowest BCUT2D eigenvalue weighted by molar-refractivity contribution is 0.0405. The molecule has 0 atom stereocenters. The molecule has 0 saturated carbocycles. The molecule has 2 aromatic carbocycles. The van der Waals surface area contributed by atoms with E-state index >= 15 is 0 Å². The summed E-state index contributed by atoms with van der Waals surface area (Å²) < 4.78 is 0. The second-order valence-corrected chi connectivity index (χ2v) is 4.00. The lowest BCUT2D eigenvalue weighted by atomic mass is 10.2. The number of carbonyl (C=O) groups is 1. The number of nitrogens with zero attached hydrogens (tertiary/aromatic N) is 3. The number of hydrogen-bond donors (Lipinski definition) is 2. The summed E-state index contributed by atoms with van der Waals surface area (Å²) in [5.41, 5.74) is 0.922. The Bertz CT molecular complexity index is 797. The summed E-state index contributed by atoms with van der Waals surface area (Å²) >= 11 is 0. The van der Waals surface area contributed by atoms with Crippen LogP contribution in [-0.2, 0) is 0 Å². The van der Waals surface area contributed by atoms with Crippen molar-refractivity contribution in [1.29, 1.82) is 0 Å². The van der Waals surface area contributed by atoms with E-state index in [2.05, 4.69) is 10.3 Å². The molecule has 0 saturated heterocycles. The van der Waals surface area contributed by atoms with Crippen LogP contribution in [0.3, 0.4) is 0 Å². The molecule has 0 bridgehead atoms. The molecule has 0 spiro atoms. The van der Waals surface area contributed by atoms with Crippen LogP contribution < -0.4 is 4.84 Å². The molecule has 100 valence electrons. The highest BCUT2D eigenvalue weighted by atomic mass is 16.7. The fourth-order valence-electron chi connectivity index (χ4n) is 1.74. The lowest BCUT2D eigenvalue weighted by Crippen LogP contribution is -2.21. The topological polar surface area (TPSA) is 97.5 Å². The largest absolute Gasteiger partial charge is 0.504 e. The first-order chi connectivity index (χ1) is 9.66. The Labute approximate surface area is 112 Å². The molecule has 0 aliphatic heterocycles. The molecule has 0 aliphatic carbocycles. The van der Waals surface area contributed by atoms with Crippen molar-refractivity contribution >= 4 is 17.0 Å². The maximum atomic E-state index is 11.9. The number of hydrogen-bond acceptors (Lipinski definition) is 6. The van der Waals surface area contributed by atoms with E-state index in [1.54, 1.807) is 24.3 Å². The number of para-hydroxylation sites is 2. The normalized spacial score (nSPS) is 10.6. The highest BCUT2D eigenvalue weighted by Crippen LogP contribution is 2.28. The summed E-state index contributed by atoms with van der Waals surface area (Å²) in [5, 5.41) is 26.5. The van der Waals surface area contributed by atoms with Crippen molar-refractivity contribution in [3.05, 3.63) is 48.0 Å². The van der Waals surface area contributed by atoms with Gasteiger partial charge >= 0.3 is 5.97 Å². The first kappa shape index (κ1) is 12.0. The van der Waals surface area contributed by atoms with Gasteiger partial charge in [0, 0.05) is 0 Å². The zero-order chi connectivity index (χ0) is 14.1. The lowest BCUT2D eigenvalue weighted by Gasteiger charge is -2.05. The second kappa shape index (κ2) is 4.54. The molecule has 2 N–H and O–H groups in total. The first-order valence-corrected chi connectivity index (χ1v) is 5.71. The summed E-state index contributed by atoms with van der Waals surface area (Å²) in [6.45, 7) is 0. The molecule has 1 heterocycles. The van der Waals surface area contributed by atoms with Crippen molar-refractivity contribution in [3.8, 4) is 11.5 Å². The molecule has 0 unspecified atom stereocenters. The Balaban J connectivity index is 1.95. The molecular weight excluding hydrogens is 262 g/mol. The predicted molar refractivity (Wildman–Crippen MR) is 68.2 cm³/mol. The second-order valence-electron chi connectivity index (χ2n) is 4.00. The van der Waals surface area contributed by atoms with Crippen molar-refractivity contribution in [3.63, 3.8) is 0 Å². The monoisotopic (exact) mass is 271 g/mol. The van der Waals surface area contributed by atoms with E-state index in [4.69, 9.17) is 4.84 Å². The molecule has 7 heteroatoms. The fraction of sp³-hybridized carbons (Fsp3) is 0. The van der Waals surface area contributed by atoms with E-state index < -0.39 is 17.5 Å². The minimum atomic E-state index is -0.853. The van der Waals surface area contributed by atoms with E-state index in [0.29, 0.717) is 11.0 Å². The van der Waals surface area contributed by atoms with Gasteiger partial charge < -0.3 is 15.1 Å². The number of benzene rings is 2. The molecule has 20 heavy (non-hydrogen) atoms. The van der Waals surface area contributed by atoms with Gasteiger partial charge in [-0.3, -0.25) is 0 Å². The maximum Gasteiger partial charge on any atom is 0.369 e. The van der Waals surface area contributed by atoms with Crippen molar-refractivity contribution in [2.24, 2.45) is 0 Å². The third-order valence-corrected chi connectivity index (χ3v) is 2.73. The third kappa shape index (κ3) is 1.91. The summed E-state index contributed by atoms with van der Waals surface area (Å²) in [6.07, 6.45) is 0. The molecule has 1 aromatic heterocycles. The molecule has 3 aromatic rings. The summed E-state index contributed by atoms with van der Waals surface area (Å²) in [5.74, 6) is -1.79. The molecular formula is C13H9N3O4. The van der Waals surface area contributed by atoms with E-state index in [1.165, 1.54) is 18.2 Å². The average Bonchev–Trinajstić information content (AvgIpc) is 2.85. The minimum absolute atomic E-state index is 0.162. The van der Waals surface area contributed by atoms with Crippen LogP contribution in [0.25, 0.3) is 11.0 Å². The summed E-state index contributed by atoms with van der Waals surface area (Å²) in [6, 6.07) is 11.0. The Morgan fingerprint density at radius 3 is 2.75 bits per heavy atom. The SMILES string of the molecule is O=C(On1nnc2ccccc21)c1cccc(O)c1O. The smallest absolute Gasteiger partial charge is 0.369 e. The van der Waals surface area contributed by atoms with Gasteiger partial charge in [-0.25, -0.2) is 4.79 Å². The minimum Gasteiger partial charge on any atom is -0.504 e. The van der Waals surface area contributed by atoms with Crippen LogP contribution in [0.2, 0.25) is 0 Å². The quantitative estimate of drug-likeness (QED) is 0.535. The van der Waals surface area contributed by atoms with Gasteiger partial charge in [0.1, 0.15) is 16.6 Å². The van der Waals surface area contributed by atoms with E-state index in [0.717, 1.165) is 4.85 Å². The van der Waals surface area contributed by atoms with E-state index in [1.807, 2.05) is 0 Å². The number of carbonyl (C=O) groups excluding carboxylic acids is 1. The highest BCUT2D eigenvalue weighted by Gasteiger charge is 2.18. The van der Waals surface area contributed by atoms with Gasteiger partial charge in [-0.15, -0.1) is 5.10 Å². The number of rotatable bonds is 2. The Morgan fingerprint density at radius 1 is 1.10 bits per heavy atom. The molecule has 7 nitrogen and oxygen atoms in total. The Morgan fingerprint density at radius 2 is 1.90 bits per heavy atom.